The molecule has 1 rings (SSSR count). The van der Waals surface area contributed by atoms with E-state index in [-0.39, 0.29) is 18.1 Å². The molecule has 0 spiro atoms. The Kier molecular flexibility index (Phi) is 5.77. The van der Waals surface area contributed by atoms with Gasteiger partial charge in [-0.25, -0.2) is 0 Å². The summed E-state index contributed by atoms with van der Waals surface area (Å²) >= 11 is 0. The maximum Gasteiger partial charge on any atom is 0.244 e. The molecule has 0 heterocycles. The Balaban J connectivity index is 2.61. The van der Waals surface area contributed by atoms with Gasteiger partial charge < -0.3 is 10.4 Å². The average Bonchev–Trinajstić information content (AvgIpc) is 2.38. The van der Waals surface area contributed by atoms with Crippen LogP contribution < -0.4 is 5.32 Å². The molecule has 0 aliphatic carbocycles. The van der Waals surface area contributed by atoms with Crippen molar-refractivity contribution in [3.05, 3.63) is 41.5 Å². The van der Waals surface area contributed by atoms with Crippen molar-refractivity contribution in [2.75, 3.05) is 6.61 Å². The number of nitrogens with one attached hydrogen (secondary N) is 1. The minimum Gasteiger partial charge on any atom is -0.396 e. The third-order valence-electron chi connectivity index (χ3n) is 3.37. The molecule has 0 aliphatic heterocycles. The lowest BCUT2D eigenvalue weighted by Gasteiger charge is -2.28. The SMILES string of the molecule is CCC(C)(CCO)NC(=O)/C=C/c1ccc(C)cc1. The molecule has 3 heteroatoms. The fourth-order valence-electron chi connectivity index (χ4n) is 1.76. The van der Waals surface area contributed by atoms with Crippen LogP contribution in [0.1, 0.15) is 37.8 Å². The summed E-state index contributed by atoms with van der Waals surface area (Å²) in [6.07, 6.45) is 4.69. The zero-order chi connectivity index (χ0) is 14.3. The van der Waals surface area contributed by atoms with E-state index in [9.17, 15) is 4.79 Å². The van der Waals surface area contributed by atoms with E-state index in [1.54, 1.807) is 6.08 Å². The fourth-order valence-corrected chi connectivity index (χ4v) is 1.76. The molecule has 104 valence electrons. The van der Waals surface area contributed by atoms with Gasteiger partial charge in [-0.15, -0.1) is 0 Å². The molecule has 0 saturated heterocycles. The average molecular weight is 261 g/mol. The first kappa shape index (κ1) is 15.4. The molecule has 1 aromatic carbocycles. The monoisotopic (exact) mass is 261 g/mol. The van der Waals surface area contributed by atoms with Crippen LogP contribution in [0.25, 0.3) is 6.08 Å². The number of carbonyl (C=O) groups is 1. The van der Waals surface area contributed by atoms with Crippen LogP contribution in [0.5, 0.6) is 0 Å². The van der Waals surface area contributed by atoms with Crippen molar-refractivity contribution >= 4 is 12.0 Å². The molecular formula is C16H23NO2. The van der Waals surface area contributed by atoms with Gasteiger partial charge in [0.2, 0.25) is 5.91 Å². The number of rotatable bonds is 6. The van der Waals surface area contributed by atoms with Crippen LogP contribution in [0.3, 0.4) is 0 Å². The molecule has 0 saturated carbocycles. The molecule has 3 nitrogen and oxygen atoms in total. The van der Waals surface area contributed by atoms with E-state index in [2.05, 4.69) is 5.32 Å². The number of hydrogen-bond acceptors (Lipinski definition) is 2. The van der Waals surface area contributed by atoms with Gasteiger partial charge in [-0.05, 0) is 38.3 Å². The van der Waals surface area contributed by atoms with Crippen LogP contribution >= 0.6 is 0 Å². The Bertz CT molecular complexity index is 437. The summed E-state index contributed by atoms with van der Waals surface area (Å²) in [6.45, 7) is 6.05. The molecule has 1 unspecified atom stereocenters. The summed E-state index contributed by atoms with van der Waals surface area (Å²) in [5, 5.41) is 12.0. The molecular weight excluding hydrogens is 238 g/mol. The van der Waals surface area contributed by atoms with Crippen molar-refractivity contribution in [2.24, 2.45) is 0 Å². The van der Waals surface area contributed by atoms with E-state index in [0.717, 1.165) is 12.0 Å². The largest absolute Gasteiger partial charge is 0.396 e. The molecule has 1 amide bonds. The molecule has 1 aromatic rings. The smallest absolute Gasteiger partial charge is 0.244 e. The first-order chi connectivity index (χ1) is 8.99. The van der Waals surface area contributed by atoms with Gasteiger partial charge in [0, 0.05) is 18.2 Å². The van der Waals surface area contributed by atoms with Crippen molar-refractivity contribution < 1.29 is 9.90 Å². The molecule has 0 bridgehead atoms. The minimum absolute atomic E-state index is 0.0757. The quantitative estimate of drug-likeness (QED) is 0.773. The second-order valence-electron chi connectivity index (χ2n) is 5.12. The van der Waals surface area contributed by atoms with Gasteiger partial charge in [0.25, 0.3) is 0 Å². The Morgan fingerprint density at radius 2 is 2.00 bits per heavy atom. The fraction of sp³-hybridized carbons (Fsp3) is 0.438. The highest BCUT2D eigenvalue weighted by atomic mass is 16.3. The molecule has 0 aromatic heterocycles. The van der Waals surface area contributed by atoms with Gasteiger partial charge >= 0.3 is 0 Å². The van der Waals surface area contributed by atoms with Gasteiger partial charge in [0.1, 0.15) is 0 Å². The summed E-state index contributed by atoms with van der Waals surface area (Å²) in [5.74, 6) is -0.127. The first-order valence-electron chi connectivity index (χ1n) is 6.67. The van der Waals surface area contributed by atoms with Crippen molar-refractivity contribution in [2.45, 2.75) is 39.2 Å². The second-order valence-corrected chi connectivity index (χ2v) is 5.12. The van der Waals surface area contributed by atoms with E-state index in [0.29, 0.717) is 6.42 Å². The lowest BCUT2D eigenvalue weighted by atomic mass is 9.95. The predicted molar refractivity (Wildman–Crippen MR) is 78.8 cm³/mol. The highest BCUT2D eigenvalue weighted by Crippen LogP contribution is 2.13. The number of amides is 1. The Morgan fingerprint density at radius 1 is 1.37 bits per heavy atom. The van der Waals surface area contributed by atoms with E-state index in [4.69, 9.17) is 5.11 Å². The molecule has 0 aliphatic rings. The standard InChI is InChI=1S/C16H23NO2/c1-4-16(3,11-12-18)17-15(19)10-9-14-7-5-13(2)6-8-14/h5-10,18H,4,11-12H2,1-3H3,(H,17,19)/b10-9+. The van der Waals surface area contributed by atoms with Crippen molar-refractivity contribution in [1.29, 1.82) is 0 Å². The molecule has 0 fully saturated rings. The maximum atomic E-state index is 11.9. The van der Waals surface area contributed by atoms with Gasteiger partial charge in [-0.3, -0.25) is 4.79 Å². The van der Waals surface area contributed by atoms with E-state index < -0.39 is 0 Å². The van der Waals surface area contributed by atoms with Crippen LogP contribution in [0.15, 0.2) is 30.3 Å². The third-order valence-corrected chi connectivity index (χ3v) is 3.37. The summed E-state index contributed by atoms with van der Waals surface area (Å²) in [6, 6.07) is 7.98. The third kappa shape index (κ3) is 5.26. The van der Waals surface area contributed by atoms with Crippen molar-refractivity contribution in [3.8, 4) is 0 Å². The summed E-state index contributed by atoms with van der Waals surface area (Å²) < 4.78 is 0. The number of hydrogen-bond donors (Lipinski definition) is 2. The summed E-state index contributed by atoms with van der Waals surface area (Å²) in [5.41, 5.74) is 1.85. The summed E-state index contributed by atoms with van der Waals surface area (Å²) in [7, 11) is 0. The number of benzene rings is 1. The lowest BCUT2D eigenvalue weighted by Crippen LogP contribution is -2.45. The van der Waals surface area contributed by atoms with E-state index in [1.165, 1.54) is 11.6 Å². The minimum atomic E-state index is -0.344. The second kappa shape index (κ2) is 7.10. The normalized spacial score (nSPS) is 14.3. The highest BCUT2D eigenvalue weighted by Gasteiger charge is 2.22. The Morgan fingerprint density at radius 3 is 2.53 bits per heavy atom. The molecule has 0 radical (unpaired) electrons. The Hall–Kier alpha value is -1.61. The zero-order valence-corrected chi connectivity index (χ0v) is 11.9. The lowest BCUT2D eigenvalue weighted by molar-refractivity contribution is -0.118. The van der Waals surface area contributed by atoms with Crippen LogP contribution in [0, 0.1) is 6.92 Å². The zero-order valence-electron chi connectivity index (χ0n) is 11.9. The van der Waals surface area contributed by atoms with Gasteiger partial charge in [0.05, 0.1) is 0 Å². The first-order valence-corrected chi connectivity index (χ1v) is 6.67. The van der Waals surface area contributed by atoms with Gasteiger partial charge in [0.15, 0.2) is 0 Å². The maximum absolute atomic E-state index is 11.9. The van der Waals surface area contributed by atoms with E-state index >= 15 is 0 Å². The van der Waals surface area contributed by atoms with Gasteiger partial charge in [-0.2, -0.15) is 0 Å². The van der Waals surface area contributed by atoms with Crippen molar-refractivity contribution in [1.82, 2.24) is 5.32 Å². The van der Waals surface area contributed by atoms with E-state index in [1.807, 2.05) is 45.0 Å². The molecule has 1 atom stereocenters. The van der Waals surface area contributed by atoms with Crippen LogP contribution in [-0.2, 0) is 4.79 Å². The van der Waals surface area contributed by atoms with Crippen molar-refractivity contribution in [3.63, 3.8) is 0 Å². The van der Waals surface area contributed by atoms with Crippen LogP contribution in [-0.4, -0.2) is 23.2 Å². The topological polar surface area (TPSA) is 49.3 Å². The predicted octanol–water partition coefficient (Wildman–Crippen LogP) is 2.68. The van der Waals surface area contributed by atoms with Crippen LogP contribution in [0.2, 0.25) is 0 Å². The number of carbonyl (C=O) groups excluding carboxylic acids is 1. The van der Waals surface area contributed by atoms with Gasteiger partial charge in [-0.1, -0.05) is 36.8 Å². The van der Waals surface area contributed by atoms with Crippen LogP contribution in [0.4, 0.5) is 0 Å². The summed E-state index contributed by atoms with van der Waals surface area (Å²) in [4.78, 5) is 11.9. The molecule has 2 N–H and O–H groups in total. The molecule has 19 heavy (non-hydrogen) atoms. The highest BCUT2D eigenvalue weighted by molar-refractivity contribution is 5.92. The number of aryl methyl sites for hydroxylation is 1. The number of aliphatic hydroxyl groups is 1. The Labute approximate surface area is 115 Å². The number of aliphatic hydroxyl groups excluding tert-OH is 1.